The van der Waals surface area contributed by atoms with Gasteiger partial charge in [0, 0.05) is 21.6 Å². The van der Waals surface area contributed by atoms with Crippen molar-refractivity contribution in [2.75, 3.05) is 11.1 Å². The van der Waals surface area contributed by atoms with E-state index in [2.05, 4.69) is 21.2 Å². The summed E-state index contributed by atoms with van der Waals surface area (Å²) in [6.07, 6.45) is 4.33. The maximum absolute atomic E-state index is 13.1. The maximum Gasteiger partial charge on any atom is 0.263 e. The van der Waals surface area contributed by atoms with Crippen LogP contribution in [0.5, 0.6) is 0 Å². The third kappa shape index (κ3) is 3.90. The minimum atomic E-state index is -0.116. The summed E-state index contributed by atoms with van der Waals surface area (Å²) in [5.74, 6) is 0.0915. The summed E-state index contributed by atoms with van der Waals surface area (Å²) in [7, 11) is 0. The van der Waals surface area contributed by atoms with Crippen LogP contribution in [0.25, 0.3) is 10.2 Å². The Kier molecular flexibility index (Phi) is 5.89. The Bertz CT molecular complexity index is 1090. The number of fused-ring (bicyclic) bond motifs is 3. The maximum atomic E-state index is 13.1. The number of benzene rings is 1. The molecular formula is C20H20BrN3O2S2. The number of rotatable bonds is 5. The molecule has 28 heavy (non-hydrogen) atoms. The number of carbonyl (C=O) groups is 1. The zero-order valence-corrected chi connectivity index (χ0v) is 18.7. The highest BCUT2D eigenvalue weighted by molar-refractivity contribution is 9.10. The smallest absolute Gasteiger partial charge is 0.263 e. The summed E-state index contributed by atoms with van der Waals surface area (Å²) in [6, 6.07) is 7.45. The fraction of sp³-hybridized carbons (Fsp3) is 0.350. The van der Waals surface area contributed by atoms with Crippen LogP contribution in [-0.4, -0.2) is 21.2 Å². The molecule has 146 valence electrons. The second-order valence-corrected chi connectivity index (χ2v) is 9.62. The van der Waals surface area contributed by atoms with Gasteiger partial charge in [0.05, 0.1) is 11.1 Å². The number of nitrogens with zero attached hydrogens (tertiary/aromatic N) is 2. The van der Waals surface area contributed by atoms with Gasteiger partial charge in [-0.3, -0.25) is 14.2 Å². The molecule has 0 saturated heterocycles. The van der Waals surface area contributed by atoms with Crippen LogP contribution >= 0.6 is 39.0 Å². The van der Waals surface area contributed by atoms with E-state index in [0.29, 0.717) is 11.7 Å². The van der Waals surface area contributed by atoms with Crippen LogP contribution in [-0.2, 0) is 24.2 Å². The minimum Gasteiger partial charge on any atom is -0.325 e. The summed E-state index contributed by atoms with van der Waals surface area (Å²) >= 11 is 6.34. The Morgan fingerprint density at radius 2 is 2.04 bits per heavy atom. The van der Waals surface area contributed by atoms with Crippen molar-refractivity contribution < 1.29 is 4.79 Å². The lowest BCUT2D eigenvalue weighted by Crippen LogP contribution is -2.24. The number of hydrogen-bond donors (Lipinski definition) is 1. The number of aromatic nitrogens is 2. The second-order valence-electron chi connectivity index (χ2n) is 6.68. The molecule has 0 aliphatic heterocycles. The van der Waals surface area contributed by atoms with Gasteiger partial charge in [-0.25, -0.2) is 4.98 Å². The molecule has 1 amide bonds. The number of amides is 1. The highest BCUT2D eigenvalue weighted by Gasteiger charge is 2.22. The third-order valence-electron chi connectivity index (χ3n) is 4.82. The third-order valence-corrected chi connectivity index (χ3v) is 7.51. The molecule has 2 heterocycles. The van der Waals surface area contributed by atoms with Gasteiger partial charge in [-0.1, -0.05) is 27.7 Å². The highest BCUT2D eigenvalue weighted by Crippen LogP contribution is 2.34. The number of anilines is 1. The number of halogens is 1. The van der Waals surface area contributed by atoms with Crippen molar-refractivity contribution >= 4 is 60.8 Å². The number of thiophene rings is 1. The van der Waals surface area contributed by atoms with Gasteiger partial charge in [0.15, 0.2) is 5.16 Å². The normalized spacial score (nSPS) is 13.5. The Labute approximate surface area is 179 Å². The van der Waals surface area contributed by atoms with E-state index in [9.17, 15) is 9.59 Å². The lowest BCUT2D eigenvalue weighted by molar-refractivity contribution is -0.113. The molecule has 4 rings (SSSR count). The molecule has 0 bridgehead atoms. The molecule has 2 aromatic heterocycles. The Hall–Kier alpha value is -1.64. The predicted octanol–water partition coefficient (Wildman–Crippen LogP) is 4.85. The van der Waals surface area contributed by atoms with Crippen LogP contribution in [0.1, 0.15) is 30.2 Å². The van der Waals surface area contributed by atoms with Gasteiger partial charge >= 0.3 is 0 Å². The number of aryl methyl sites for hydroxylation is 2. The second kappa shape index (κ2) is 8.39. The molecular weight excluding hydrogens is 458 g/mol. The molecule has 0 radical (unpaired) electrons. The van der Waals surface area contributed by atoms with Crippen molar-refractivity contribution in [2.24, 2.45) is 0 Å². The molecule has 0 fully saturated rings. The average Bonchev–Trinajstić information content (AvgIpc) is 3.07. The van der Waals surface area contributed by atoms with Crippen molar-refractivity contribution in [3.63, 3.8) is 0 Å². The van der Waals surface area contributed by atoms with Crippen LogP contribution in [0.4, 0.5) is 5.69 Å². The van der Waals surface area contributed by atoms with Crippen LogP contribution in [0.15, 0.2) is 38.7 Å². The zero-order valence-electron chi connectivity index (χ0n) is 15.5. The highest BCUT2D eigenvalue weighted by atomic mass is 79.9. The molecule has 8 heteroatoms. The Balaban J connectivity index is 1.57. The van der Waals surface area contributed by atoms with E-state index in [1.165, 1.54) is 28.6 Å². The van der Waals surface area contributed by atoms with Gasteiger partial charge in [-0.05, 0) is 62.4 Å². The molecule has 0 atom stereocenters. The zero-order chi connectivity index (χ0) is 19.7. The van der Waals surface area contributed by atoms with Crippen molar-refractivity contribution in [3.05, 3.63) is 49.5 Å². The van der Waals surface area contributed by atoms with E-state index in [1.807, 2.05) is 31.2 Å². The first-order valence-electron chi connectivity index (χ1n) is 9.30. The van der Waals surface area contributed by atoms with Crippen LogP contribution in [0, 0.1) is 0 Å². The molecule has 1 aliphatic rings. The van der Waals surface area contributed by atoms with Crippen molar-refractivity contribution in [3.8, 4) is 0 Å². The Morgan fingerprint density at radius 1 is 1.29 bits per heavy atom. The summed E-state index contributed by atoms with van der Waals surface area (Å²) in [4.78, 5) is 32.3. The van der Waals surface area contributed by atoms with E-state index in [1.54, 1.807) is 15.9 Å². The predicted molar refractivity (Wildman–Crippen MR) is 120 cm³/mol. The van der Waals surface area contributed by atoms with Crippen LogP contribution in [0.2, 0.25) is 0 Å². The van der Waals surface area contributed by atoms with Gasteiger partial charge in [0.1, 0.15) is 4.83 Å². The largest absolute Gasteiger partial charge is 0.325 e. The van der Waals surface area contributed by atoms with Crippen LogP contribution in [0.3, 0.4) is 0 Å². The van der Waals surface area contributed by atoms with E-state index >= 15 is 0 Å². The summed E-state index contributed by atoms with van der Waals surface area (Å²) in [6.45, 7) is 2.49. The fourth-order valence-corrected chi connectivity index (χ4v) is 5.90. The molecule has 1 aliphatic carbocycles. The van der Waals surface area contributed by atoms with E-state index < -0.39 is 0 Å². The number of thioether (sulfide) groups is 1. The van der Waals surface area contributed by atoms with Crippen molar-refractivity contribution in [2.45, 2.75) is 44.3 Å². The van der Waals surface area contributed by atoms with E-state index in [0.717, 1.165) is 39.6 Å². The number of hydrogen-bond acceptors (Lipinski definition) is 5. The van der Waals surface area contributed by atoms with E-state index in [-0.39, 0.29) is 17.2 Å². The first-order valence-corrected chi connectivity index (χ1v) is 11.9. The molecule has 1 N–H and O–H groups in total. The first kappa shape index (κ1) is 19.7. The summed E-state index contributed by atoms with van der Waals surface area (Å²) in [5, 5.41) is 4.29. The van der Waals surface area contributed by atoms with E-state index in [4.69, 9.17) is 4.98 Å². The van der Waals surface area contributed by atoms with Gasteiger partial charge in [-0.2, -0.15) is 0 Å². The van der Waals surface area contributed by atoms with Crippen LogP contribution < -0.4 is 10.9 Å². The topological polar surface area (TPSA) is 64.0 Å². The fourth-order valence-electron chi connectivity index (χ4n) is 3.47. The lowest BCUT2D eigenvalue weighted by atomic mass is 9.97. The van der Waals surface area contributed by atoms with Gasteiger partial charge in [0.25, 0.3) is 5.56 Å². The van der Waals surface area contributed by atoms with Gasteiger partial charge < -0.3 is 5.32 Å². The van der Waals surface area contributed by atoms with Gasteiger partial charge in [0.2, 0.25) is 5.91 Å². The molecule has 0 unspecified atom stereocenters. The standard InChI is InChI=1S/C20H20BrN3O2S2/c1-2-24-19(26)17-14-5-3-4-6-15(14)28-18(17)23-20(24)27-11-16(25)22-13-9-7-12(21)8-10-13/h7-10H,2-6,11H2,1H3,(H,22,25). The number of carbonyl (C=O) groups excluding carboxylic acids is 1. The Morgan fingerprint density at radius 3 is 2.79 bits per heavy atom. The quantitative estimate of drug-likeness (QED) is 0.421. The molecule has 3 aromatic rings. The van der Waals surface area contributed by atoms with Crippen molar-refractivity contribution in [1.82, 2.24) is 9.55 Å². The number of nitrogens with one attached hydrogen (secondary N) is 1. The van der Waals surface area contributed by atoms with Gasteiger partial charge in [-0.15, -0.1) is 11.3 Å². The average molecular weight is 478 g/mol. The summed E-state index contributed by atoms with van der Waals surface area (Å²) < 4.78 is 2.66. The lowest BCUT2D eigenvalue weighted by Gasteiger charge is -2.12. The molecule has 1 aromatic carbocycles. The monoisotopic (exact) mass is 477 g/mol. The molecule has 0 spiro atoms. The SMILES string of the molecule is CCn1c(SCC(=O)Nc2ccc(Br)cc2)nc2sc3c(c2c1=O)CCCC3. The first-order chi connectivity index (χ1) is 13.6. The van der Waals surface area contributed by atoms with Crippen molar-refractivity contribution in [1.29, 1.82) is 0 Å². The molecule has 5 nitrogen and oxygen atoms in total. The molecule has 0 saturated carbocycles. The minimum absolute atomic E-state index is 0.0303. The summed E-state index contributed by atoms with van der Waals surface area (Å²) in [5.41, 5.74) is 1.98.